The number of hydrogen-bond acceptors (Lipinski definition) is 5. The quantitative estimate of drug-likeness (QED) is 0.0321. The van der Waals surface area contributed by atoms with E-state index < -0.39 is 18.2 Å². The number of allylic oxidation sites excluding steroid dienone is 4. The van der Waals surface area contributed by atoms with Gasteiger partial charge < -0.3 is 20.3 Å². The van der Waals surface area contributed by atoms with E-state index in [0.717, 1.165) is 57.8 Å². The molecule has 0 saturated heterocycles. The summed E-state index contributed by atoms with van der Waals surface area (Å²) < 4.78 is 5.94. The third-order valence-electron chi connectivity index (χ3n) is 13.1. The van der Waals surface area contributed by atoms with Crippen LogP contribution in [-0.4, -0.2) is 46.9 Å². The van der Waals surface area contributed by atoms with E-state index in [-0.39, 0.29) is 24.9 Å². The van der Waals surface area contributed by atoms with Gasteiger partial charge in [0.2, 0.25) is 5.91 Å². The highest BCUT2D eigenvalue weighted by molar-refractivity contribution is 5.77. The monoisotopic (exact) mass is 888 g/mol. The Labute approximate surface area is 392 Å². The molecular weight excluding hydrogens is 779 g/mol. The SMILES string of the molecule is CCCCCCCCC/C=C/C=C/CCCCCC(=O)OC(CCCCCCCCCCCCCCC)CC(=O)NC(CO)C(O)CCCCCCCCCCCCCCCCC. The number of ether oxygens (including phenoxy) is 1. The van der Waals surface area contributed by atoms with Crippen molar-refractivity contribution in [3.8, 4) is 0 Å². The highest BCUT2D eigenvalue weighted by atomic mass is 16.5. The fourth-order valence-corrected chi connectivity index (χ4v) is 8.78. The molecule has 0 radical (unpaired) electrons. The maximum Gasteiger partial charge on any atom is 0.306 e. The van der Waals surface area contributed by atoms with E-state index in [2.05, 4.69) is 50.4 Å². The Kier molecular flexibility index (Phi) is 50.0. The van der Waals surface area contributed by atoms with E-state index in [0.29, 0.717) is 19.3 Å². The summed E-state index contributed by atoms with van der Waals surface area (Å²) in [5.74, 6) is -0.487. The lowest BCUT2D eigenvalue weighted by Crippen LogP contribution is -2.46. The smallest absolute Gasteiger partial charge is 0.306 e. The minimum absolute atomic E-state index is 0.0729. The molecule has 372 valence electrons. The lowest BCUT2D eigenvalue weighted by atomic mass is 10.0. The topological polar surface area (TPSA) is 95.9 Å². The van der Waals surface area contributed by atoms with Gasteiger partial charge in [-0.15, -0.1) is 0 Å². The Morgan fingerprint density at radius 2 is 0.794 bits per heavy atom. The van der Waals surface area contributed by atoms with E-state index in [9.17, 15) is 19.8 Å². The second kappa shape index (κ2) is 51.3. The number of hydrogen-bond donors (Lipinski definition) is 3. The molecule has 6 heteroatoms. The van der Waals surface area contributed by atoms with Crippen molar-refractivity contribution in [1.82, 2.24) is 5.32 Å². The molecule has 1 amide bonds. The lowest BCUT2D eigenvalue weighted by Gasteiger charge is -2.24. The molecule has 0 aliphatic carbocycles. The van der Waals surface area contributed by atoms with Gasteiger partial charge in [0.15, 0.2) is 0 Å². The molecule has 0 aromatic rings. The zero-order valence-electron chi connectivity index (χ0n) is 42.5. The van der Waals surface area contributed by atoms with Gasteiger partial charge in [0.1, 0.15) is 6.10 Å². The number of rotatable bonds is 51. The van der Waals surface area contributed by atoms with Crippen LogP contribution in [0, 0.1) is 0 Å². The van der Waals surface area contributed by atoms with Crippen LogP contribution in [0.4, 0.5) is 0 Å². The van der Waals surface area contributed by atoms with Crippen LogP contribution < -0.4 is 5.32 Å². The van der Waals surface area contributed by atoms with Crippen LogP contribution in [0.2, 0.25) is 0 Å². The van der Waals surface area contributed by atoms with Gasteiger partial charge in [-0.2, -0.15) is 0 Å². The zero-order valence-corrected chi connectivity index (χ0v) is 42.5. The third kappa shape index (κ3) is 46.7. The largest absolute Gasteiger partial charge is 0.462 e. The van der Waals surface area contributed by atoms with Gasteiger partial charge >= 0.3 is 5.97 Å². The van der Waals surface area contributed by atoms with Gasteiger partial charge in [0.05, 0.1) is 25.2 Å². The summed E-state index contributed by atoms with van der Waals surface area (Å²) in [5, 5.41) is 23.8. The van der Waals surface area contributed by atoms with E-state index in [1.807, 2.05) is 0 Å². The van der Waals surface area contributed by atoms with Crippen molar-refractivity contribution in [1.29, 1.82) is 0 Å². The Morgan fingerprint density at radius 1 is 0.460 bits per heavy atom. The Balaban J connectivity index is 4.54. The summed E-state index contributed by atoms with van der Waals surface area (Å²) in [5.41, 5.74) is 0. The fraction of sp³-hybridized carbons (Fsp3) is 0.895. The van der Waals surface area contributed by atoms with Gasteiger partial charge in [0, 0.05) is 6.42 Å². The highest BCUT2D eigenvalue weighted by Gasteiger charge is 2.24. The predicted molar refractivity (Wildman–Crippen MR) is 273 cm³/mol. The summed E-state index contributed by atoms with van der Waals surface area (Å²) in [7, 11) is 0. The van der Waals surface area contributed by atoms with Crippen LogP contribution in [0.5, 0.6) is 0 Å². The molecule has 0 saturated carbocycles. The molecule has 0 heterocycles. The summed E-state index contributed by atoms with van der Waals surface area (Å²) in [6.07, 6.45) is 59.5. The number of unbranched alkanes of at least 4 members (excludes halogenated alkanes) is 36. The standard InChI is InChI=1S/C57H109NO5/c1-4-7-10-13-16-19-22-25-27-29-32-35-38-41-44-47-50-57(62)63-53(48-45-42-39-36-33-30-24-21-18-15-12-9-6-3)51-56(61)58-54(52-59)55(60)49-46-43-40-37-34-31-28-26-23-20-17-14-11-8-5-2/h27,29,32,35,53-55,59-60H,4-26,28,30-31,33-34,36-52H2,1-3H3,(H,58,61)/b29-27+,35-32+. The van der Waals surface area contributed by atoms with Crippen LogP contribution in [0.25, 0.3) is 0 Å². The maximum atomic E-state index is 13.2. The molecule has 0 bridgehead atoms. The number of carbonyl (C=O) groups is 2. The molecule has 63 heavy (non-hydrogen) atoms. The predicted octanol–water partition coefficient (Wildman–Crippen LogP) is 17.1. The van der Waals surface area contributed by atoms with E-state index in [1.54, 1.807) is 0 Å². The molecule has 3 unspecified atom stereocenters. The van der Waals surface area contributed by atoms with E-state index in [4.69, 9.17) is 4.74 Å². The van der Waals surface area contributed by atoms with Crippen molar-refractivity contribution in [2.24, 2.45) is 0 Å². The molecular formula is C57H109NO5. The average Bonchev–Trinajstić information content (AvgIpc) is 3.28. The first-order valence-electron chi connectivity index (χ1n) is 28.1. The summed E-state index contributed by atoms with van der Waals surface area (Å²) in [4.78, 5) is 26.2. The molecule has 0 spiro atoms. The van der Waals surface area contributed by atoms with Crippen LogP contribution >= 0.6 is 0 Å². The maximum absolute atomic E-state index is 13.2. The summed E-state index contributed by atoms with van der Waals surface area (Å²) in [6, 6.07) is -0.702. The van der Waals surface area contributed by atoms with Crippen molar-refractivity contribution in [2.75, 3.05) is 6.61 Å². The van der Waals surface area contributed by atoms with Gasteiger partial charge in [-0.25, -0.2) is 0 Å². The second-order valence-corrected chi connectivity index (χ2v) is 19.4. The normalized spacial score (nSPS) is 13.3. The molecule has 6 nitrogen and oxygen atoms in total. The summed E-state index contributed by atoms with van der Waals surface area (Å²) >= 11 is 0. The van der Waals surface area contributed by atoms with Crippen molar-refractivity contribution < 1.29 is 24.5 Å². The van der Waals surface area contributed by atoms with Crippen LogP contribution in [0.15, 0.2) is 24.3 Å². The number of carbonyl (C=O) groups excluding carboxylic acids is 2. The van der Waals surface area contributed by atoms with Crippen LogP contribution in [0.1, 0.15) is 303 Å². The molecule has 3 N–H and O–H groups in total. The highest BCUT2D eigenvalue weighted by Crippen LogP contribution is 2.19. The second-order valence-electron chi connectivity index (χ2n) is 19.4. The number of aliphatic hydroxyl groups excluding tert-OH is 2. The molecule has 0 aliphatic rings. The Morgan fingerprint density at radius 3 is 1.17 bits per heavy atom. The van der Waals surface area contributed by atoms with Crippen LogP contribution in [0.3, 0.4) is 0 Å². The first-order chi connectivity index (χ1) is 31.0. The molecule has 0 rings (SSSR count). The number of nitrogens with one attached hydrogen (secondary N) is 1. The van der Waals surface area contributed by atoms with Crippen LogP contribution in [-0.2, 0) is 14.3 Å². The van der Waals surface area contributed by atoms with Crippen molar-refractivity contribution >= 4 is 11.9 Å². The third-order valence-corrected chi connectivity index (χ3v) is 13.1. The summed E-state index contributed by atoms with van der Waals surface area (Å²) in [6.45, 7) is 6.51. The minimum atomic E-state index is -0.788. The average molecular weight is 889 g/mol. The molecule has 0 aromatic heterocycles. The van der Waals surface area contributed by atoms with Gasteiger partial charge in [-0.05, 0) is 51.4 Å². The number of aliphatic hydroxyl groups is 2. The zero-order chi connectivity index (χ0) is 45.9. The van der Waals surface area contributed by atoms with E-state index >= 15 is 0 Å². The number of amides is 1. The first-order valence-corrected chi connectivity index (χ1v) is 28.1. The number of esters is 1. The van der Waals surface area contributed by atoms with Crippen molar-refractivity contribution in [3.05, 3.63) is 24.3 Å². The van der Waals surface area contributed by atoms with Crippen molar-refractivity contribution in [2.45, 2.75) is 322 Å². The van der Waals surface area contributed by atoms with Gasteiger partial charge in [-0.3, -0.25) is 9.59 Å². The lowest BCUT2D eigenvalue weighted by molar-refractivity contribution is -0.151. The fourth-order valence-electron chi connectivity index (χ4n) is 8.78. The first kappa shape index (κ1) is 61.3. The van der Waals surface area contributed by atoms with E-state index in [1.165, 1.54) is 199 Å². The van der Waals surface area contributed by atoms with Gasteiger partial charge in [-0.1, -0.05) is 263 Å². The van der Waals surface area contributed by atoms with Gasteiger partial charge in [0.25, 0.3) is 0 Å². The molecule has 0 aliphatic heterocycles. The van der Waals surface area contributed by atoms with Crippen molar-refractivity contribution in [3.63, 3.8) is 0 Å². The molecule has 0 aromatic carbocycles. The minimum Gasteiger partial charge on any atom is -0.462 e. The molecule has 0 fully saturated rings. The Hall–Kier alpha value is -1.66. The molecule has 3 atom stereocenters. The Bertz CT molecular complexity index is 997.